The zero-order valence-electron chi connectivity index (χ0n) is 19.5. The average Bonchev–Trinajstić information content (AvgIpc) is 3.13. The van der Waals surface area contributed by atoms with E-state index in [9.17, 15) is 35.1 Å². The molecule has 2 aromatic heterocycles. The van der Waals surface area contributed by atoms with Crippen LogP contribution in [0.4, 0.5) is 40.9 Å². The molecule has 2 aromatic carbocycles. The highest BCUT2D eigenvalue weighted by atomic mass is 127. The molecule has 1 N–H and O–H groups in total. The molecule has 0 fully saturated rings. The highest BCUT2D eigenvalue weighted by Crippen LogP contribution is 2.44. The standard InChI is InChI=1S/C23H14ClF8I2N5/c1-21(27,28)9-6-11(24)16(14(33)7-9)39-19(35-8-10-12(25)4-3-5-13(10)26)15-17(23(31,32)34)36-20(22(2,29)30)37-18(15)38-39/h3-7,35H,8H2,1-2H3. The van der Waals surface area contributed by atoms with E-state index in [-0.39, 0.29) is 20.1 Å². The summed E-state index contributed by atoms with van der Waals surface area (Å²) in [6.45, 7) is 0.434. The van der Waals surface area contributed by atoms with Crippen molar-refractivity contribution < 1.29 is 35.1 Å². The van der Waals surface area contributed by atoms with Crippen LogP contribution >= 0.6 is 56.8 Å². The van der Waals surface area contributed by atoms with Crippen LogP contribution in [0, 0.1) is 15.2 Å². The van der Waals surface area contributed by atoms with Gasteiger partial charge in [0.2, 0.25) is 5.82 Å². The van der Waals surface area contributed by atoms with Crippen molar-refractivity contribution in [2.24, 2.45) is 0 Å². The topological polar surface area (TPSA) is 55.6 Å². The molecule has 0 aliphatic rings. The van der Waals surface area contributed by atoms with Crippen LogP contribution in [0.25, 0.3) is 16.7 Å². The van der Waals surface area contributed by atoms with Crippen LogP contribution in [0.5, 0.6) is 0 Å². The third-order valence-corrected chi connectivity index (χ3v) is 7.05. The third-order valence-electron chi connectivity index (χ3n) is 5.42. The molecule has 4 aromatic rings. The van der Waals surface area contributed by atoms with Gasteiger partial charge < -0.3 is 5.32 Å². The van der Waals surface area contributed by atoms with Crippen molar-refractivity contribution in [1.82, 2.24) is 19.7 Å². The quantitative estimate of drug-likeness (QED) is 0.116. The number of fused-ring (bicyclic) bond motifs is 1. The first-order valence-electron chi connectivity index (χ1n) is 10.7. The van der Waals surface area contributed by atoms with Crippen LogP contribution in [0.15, 0.2) is 30.3 Å². The Morgan fingerprint density at radius 1 is 0.974 bits per heavy atom. The molecule has 0 saturated heterocycles. The van der Waals surface area contributed by atoms with Gasteiger partial charge in [0.1, 0.15) is 23.1 Å². The number of hydrogen-bond acceptors (Lipinski definition) is 4. The van der Waals surface area contributed by atoms with Gasteiger partial charge in [-0.05, 0) is 46.9 Å². The van der Waals surface area contributed by atoms with Gasteiger partial charge in [-0.1, -0.05) is 17.7 Å². The minimum absolute atomic E-state index is 0.0707. The maximum Gasteiger partial charge on any atom is 0.338 e. The summed E-state index contributed by atoms with van der Waals surface area (Å²) in [5.74, 6) is -10.6. The van der Waals surface area contributed by atoms with Crippen LogP contribution in [0.3, 0.4) is 0 Å². The lowest BCUT2D eigenvalue weighted by Crippen LogP contribution is -2.18. The molecule has 208 valence electrons. The Kier molecular flexibility index (Phi) is 8.01. The summed E-state index contributed by atoms with van der Waals surface area (Å²) < 4.78 is 111. The number of nitrogens with one attached hydrogen (secondary N) is 1. The molecule has 16 heteroatoms. The molecule has 0 unspecified atom stereocenters. The number of rotatable bonds is 7. The molecule has 0 saturated carbocycles. The van der Waals surface area contributed by atoms with Gasteiger partial charge in [0.15, 0.2) is 5.65 Å². The van der Waals surface area contributed by atoms with Gasteiger partial charge in [-0.2, -0.15) is 17.6 Å². The monoisotopic (exact) mass is 801 g/mol. The zero-order valence-corrected chi connectivity index (χ0v) is 24.6. The van der Waals surface area contributed by atoms with Crippen LogP contribution in [-0.4, -0.2) is 19.7 Å². The largest absolute Gasteiger partial charge is 0.365 e. The van der Waals surface area contributed by atoms with Crippen molar-refractivity contribution in [2.75, 3.05) is 5.32 Å². The molecule has 0 atom stereocenters. The smallest absolute Gasteiger partial charge is 0.338 e. The molecule has 0 radical (unpaired) electrons. The fraction of sp³-hybridized carbons (Fsp3) is 0.261. The van der Waals surface area contributed by atoms with Crippen LogP contribution < -0.4 is 5.32 Å². The second-order valence-corrected chi connectivity index (χ2v) is 11.4. The molecule has 0 amide bonds. The van der Waals surface area contributed by atoms with E-state index >= 15 is 0 Å². The lowest BCUT2D eigenvalue weighted by molar-refractivity contribution is 0.00685. The van der Waals surface area contributed by atoms with Crippen LogP contribution in [-0.2, 0) is 22.3 Å². The first-order chi connectivity index (χ1) is 17.9. The highest BCUT2D eigenvalue weighted by Gasteiger charge is 2.39. The maximum absolute atomic E-state index is 14.7. The van der Waals surface area contributed by atoms with Crippen LogP contribution in [0.1, 0.15) is 36.5 Å². The minimum atomic E-state index is -3.84. The summed E-state index contributed by atoms with van der Waals surface area (Å²) in [5, 5.41) is 5.83. The minimum Gasteiger partial charge on any atom is -0.365 e. The van der Waals surface area contributed by atoms with Gasteiger partial charge in [-0.15, -0.1) is 5.10 Å². The van der Waals surface area contributed by atoms with Gasteiger partial charge >= 0.3 is 9.85 Å². The first-order valence-corrected chi connectivity index (χ1v) is 13.2. The van der Waals surface area contributed by atoms with Crippen molar-refractivity contribution in [3.05, 3.63) is 73.2 Å². The van der Waals surface area contributed by atoms with Crippen molar-refractivity contribution in [2.45, 2.75) is 36.2 Å². The summed E-state index contributed by atoms with van der Waals surface area (Å²) >= 11 is 8.67. The van der Waals surface area contributed by atoms with E-state index in [1.807, 2.05) is 0 Å². The van der Waals surface area contributed by atoms with Crippen molar-refractivity contribution in [3.63, 3.8) is 0 Å². The Bertz CT molecular complexity index is 1530. The van der Waals surface area contributed by atoms with E-state index in [1.165, 1.54) is 0 Å². The number of hydrogen-bond donors (Lipinski definition) is 1. The Morgan fingerprint density at radius 3 is 2.10 bits per heavy atom. The molecule has 4 rings (SSSR count). The molecule has 5 nitrogen and oxygen atoms in total. The Hall–Kier alpha value is -2.02. The number of benzene rings is 2. The lowest BCUT2D eigenvalue weighted by Gasteiger charge is -2.18. The van der Waals surface area contributed by atoms with E-state index in [4.69, 9.17) is 11.6 Å². The van der Waals surface area contributed by atoms with Crippen molar-refractivity contribution in [1.29, 1.82) is 0 Å². The Labute approximate surface area is 247 Å². The van der Waals surface area contributed by atoms with Gasteiger partial charge in [0, 0.05) is 57.7 Å². The molecule has 0 aliphatic heterocycles. The molecule has 0 bridgehead atoms. The lowest BCUT2D eigenvalue weighted by atomic mass is 10.1. The first kappa shape index (κ1) is 30.0. The fourth-order valence-corrected chi connectivity index (χ4v) is 5.31. The number of aromatic nitrogens is 4. The van der Waals surface area contributed by atoms with Gasteiger partial charge in [-0.25, -0.2) is 32.2 Å². The van der Waals surface area contributed by atoms with E-state index in [0.717, 1.165) is 35.0 Å². The highest BCUT2D eigenvalue weighted by molar-refractivity contribution is 14.1. The SMILES string of the molecule is CC(F)(F)c1cc(Cl)c(-n2nc3nc(C(C)(F)F)nc(C(F)(F)I)c3c2NCc2c(F)cccc2F)c(I)c1. The predicted octanol–water partition coefficient (Wildman–Crippen LogP) is 8.67. The second kappa shape index (κ2) is 10.4. The van der Waals surface area contributed by atoms with E-state index < -0.39 is 67.6 Å². The normalized spacial score (nSPS) is 12.8. The van der Waals surface area contributed by atoms with Crippen LogP contribution in [0.2, 0.25) is 5.02 Å². The maximum atomic E-state index is 14.7. The number of alkyl halides is 7. The molecule has 2 heterocycles. The van der Waals surface area contributed by atoms with Gasteiger partial charge in [0.05, 0.1) is 16.1 Å². The van der Waals surface area contributed by atoms with Gasteiger partial charge in [0.25, 0.3) is 5.92 Å². The van der Waals surface area contributed by atoms with Crippen molar-refractivity contribution >= 4 is 73.6 Å². The van der Waals surface area contributed by atoms with E-state index in [0.29, 0.717) is 36.4 Å². The summed E-state index contributed by atoms with van der Waals surface area (Å²) in [7, 11) is 0. The molecule has 39 heavy (non-hydrogen) atoms. The molecular weight excluding hydrogens is 788 g/mol. The van der Waals surface area contributed by atoms with E-state index in [1.54, 1.807) is 22.6 Å². The second-order valence-electron chi connectivity index (χ2n) is 8.47. The zero-order chi connectivity index (χ0) is 29.1. The summed E-state index contributed by atoms with van der Waals surface area (Å²) in [4.78, 5) is 7.05. The predicted molar refractivity (Wildman–Crippen MR) is 145 cm³/mol. The van der Waals surface area contributed by atoms with E-state index in [2.05, 4.69) is 20.4 Å². The Morgan fingerprint density at radius 2 is 1.59 bits per heavy atom. The van der Waals surface area contributed by atoms with Gasteiger partial charge in [-0.3, -0.25) is 0 Å². The summed E-state index contributed by atoms with van der Waals surface area (Å²) in [6, 6.07) is 5.07. The number of halogens is 11. The average molecular weight is 802 g/mol. The molecule has 0 aliphatic carbocycles. The summed E-state index contributed by atoms with van der Waals surface area (Å²) in [6.07, 6.45) is 0. The number of anilines is 1. The summed E-state index contributed by atoms with van der Waals surface area (Å²) in [5.41, 5.74) is -2.82. The van der Waals surface area contributed by atoms with Crippen molar-refractivity contribution in [3.8, 4) is 5.69 Å². The number of nitrogens with zero attached hydrogens (tertiary/aromatic N) is 4. The molecular formula is C23H14ClF8I2N5. The third kappa shape index (κ3) is 6.03. The molecule has 0 spiro atoms. The Balaban J connectivity index is 2.05. The fourth-order valence-electron chi connectivity index (χ4n) is 3.61.